The lowest BCUT2D eigenvalue weighted by molar-refractivity contribution is -0.122. The first-order chi connectivity index (χ1) is 14.5. The first-order valence-electron chi connectivity index (χ1n) is 9.55. The minimum Gasteiger partial charge on any atom is -0.481 e. The molecule has 4 rings (SSSR count). The van der Waals surface area contributed by atoms with E-state index in [9.17, 15) is 9.18 Å². The van der Waals surface area contributed by atoms with Crippen LogP contribution in [0.5, 0.6) is 5.75 Å². The fourth-order valence-electron chi connectivity index (χ4n) is 2.97. The van der Waals surface area contributed by atoms with Crippen LogP contribution in [0.1, 0.15) is 12.5 Å². The third-order valence-corrected chi connectivity index (χ3v) is 4.72. The molecular weight excluding hydrogens is 381 g/mol. The summed E-state index contributed by atoms with van der Waals surface area (Å²) < 4.78 is 19.4. The van der Waals surface area contributed by atoms with E-state index in [-0.39, 0.29) is 11.7 Å². The Bertz CT molecular complexity index is 1210. The number of benzene rings is 3. The molecule has 0 saturated carbocycles. The van der Waals surface area contributed by atoms with E-state index < -0.39 is 6.10 Å². The van der Waals surface area contributed by atoms with Gasteiger partial charge in [0.15, 0.2) is 6.10 Å². The molecule has 0 unspecified atom stereocenters. The van der Waals surface area contributed by atoms with Crippen LogP contribution in [0.15, 0.2) is 72.9 Å². The van der Waals surface area contributed by atoms with E-state index >= 15 is 0 Å². The molecule has 0 bridgehead atoms. The maximum atomic E-state index is 13.6. The van der Waals surface area contributed by atoms with Crippen LogP contribution in [0.3, 0.4) is 0 Å². The van der Waals surface area contributed by atoms with Crippen LogP contribution in [-0.2, 0) is 4.79 Å². The molecule has 0 fully saturated rings. The monoisotopic (exact) mass is 401 g/mol. The lowest BCUT2D eigenvalue weighted by atomic mass is 10.1. The number of fused-ring (bicyclic) bond motifs is 1. The second-order valence-electron chi connectivity index (χ2n) is 6.98. The average Bonchev–Trinajstić information content (AvgIpc) is 2.76. The zero-order valence-electron chi connectivity index (χ0n) is 16.6. The SMILES string of the molecule is Cc1ccc(NC(=O)[C@@H](C)Oc2ccc(-c3cnc4ccccc4n3)cc2)cc1F. The Hall–Kier alpha value is -3.80. The highest BCUT2D eigenvalue weighted by Crippen LogP contribution is 2.23. The van der Waals surface area contributed by atoms with Crippen LogP contribution >= 0.6 is 0 Å². The lowest BCUT2D eigenvalue weighted by Crippen LogP contribution is -2.30. The summed E-state index contributed by atoms with van der Waals surface area (Å²) in [7, 11) is 0. The molecule has 1 N–H and O–H groups in total. The number of nitrogens with one attached hydrogen (secondary N) is 1. The molecule has 30 heavy (non-hydrogen) atoms. The predicted molar refractivity (Wildman–Crippen MR) is 115 cm³/mol. The van der Waals surface area contributed by atoms with Gasteiger partial charge in [0.1, 0.15) is 11.6 Å². The van der Waals surface area contributed by atoms with Crippen LogP contribution in [0, 0.1) is 12.7 Å². The smallest absolute Gasteiger partial charge is 0.265 e. The zero-order valence-corrected chi connectivity index (χ0v) is 16.6. The average molecular weight is 401 g/mol. The lowest BCUT2D eigenvalue weighted by Gasteiger charge is -2.15. The van der Waals surface area contributed by atoms with Gasteiger partial charge in [-0.2, -0.15) is 0 Å². The summed E-state index contributed by atoms with van der Waals surface area (Å²) in [5.41, 5.74) is 4.24. The number of carbonyl (C=O) groups excluding carboxylic acids is 1. The van der Waals surface area contributed by atoms with Gasteiger partial charge in [-0.1, -0.05) is 18.2 Å². The number of hydrogen-bond donors (Lipinski definition) is 1. The molecule has 3 aromatic carbocycles. The van der Waals surface area contributed by atoms with Crippen LogP contribution < -0.4 is 10.1 Å². The number of aryl methyl sites for hydroxylation is 1. The topological polar surface area (TPSA) is 64.1 Å². The van der Waals surface area contributed by atoms with E-state index in [1.807, 2.05) is 36.4 Å². The second-order valence-corrected chi connectivity index (χ2v) is 6.98. The van der Waals surface area contributed by atoms with E-state index in [1.54, 1.807) is 44.3 Å². The molecule has 1 atom stereocenters. The number of nitrogens with zero attached hydrogens (tertiary/aromatic N) is 2. The predicted octanol–water partition coefficient (Wildman–Crippen LogP) is 5.15. The van der Waals surface area contributed by atoms with Gasteiger partial charge in [-0.3, -0.25) is 9.78 Å². The zero-order chi connectivity index (χ0) is 21.1. The van der Waals surface area contributed by atoms with Crippen molar-refractivity contribution in [3.63, 3.8) is 0 Å². The molecule has 1 aromatic heterocycles. The second kappa shape index (κ2) is 8.29. The van der Waals surface area contributed by atoms with E-state index in [0.29, 0.717) is 17.0 Å². The molecule has 0 aliphatic rings. The first-order valence-corrected chi connectivity index (χ1v) is 9.55. The summed E-state index contributed by atoms with van der Waals surface area (Å²) in [6, 6.07) is 19.5. The molecular formula is C24H20FN3O2. The van der Waals surface area contributed by atoms with Crippen molar-refractivity contribution < 1.29 is 13.9 Å². The fraction of sp³-hybridized carbons (Fsp3) is 0.125. The van der Waals surface area contributed by atoms with Gasteiger partial charge in [0.05, 0.1) is 22.9 Å². The molecule has 150 valence electrons. The highest BCUT2D eigenvalue weighted by atomic mass is 19.1. The van der Waals surface area contributed by atoms with Crippen molar-refractivity contribution in [2.45, 2.75) is 20.0 Å². The number of anilines is 1. The number of carbonyl (C=O) groups is 1. The van der Waals surface area contributed by atoms with E-state index in [1.165, 1.54) is 6.07 Å². The van der Waals surface area contributed by atoms with Gasteiger partial charge in [-0.15, -0.1) is 0 Å². The Balaban J connectivity index is 1.43. The summed E-state index contributed by atoms with van der Waals surface area (Å²) in [5, 5.41) is 2.66. The molecule has 0 spiro atoms. The quantitative estimate of drug-likeness (QED) is 0.502. The summed E-state index contributed by atoms with van der Waals surface area (Å²) >= 11 is 0. The third-order valence-electron chi connectivity index (χ3n) is 4.72. The minimum absolute atomic E-state index is 0.359. The number of halogens is 1. The molecule has 4 aromatic rings. The Labute approximate surface area is 173 Å². The van der Waals surface area contributed by atoms with Crippen molar-refractivity contribution in [1.29, 1.82) is 0 Å². The molecule has 5 nitrogen and oxygen atoms in total. The number of hydrogen-bond acceptors (Lipinski definition) is 4. The van der Waals surface area contributed by atoms with E-state index in [4.69, 9.17) is 4.74 Å². The normalized spacial score (nSPS) is 11.8. The number of rotatable bonds is 5. The summed E-state index contributed by atoms with van der Waals surface area (Å²) in [6.45, 7) is 3.31. The van der Waals surface area contributed by atoms with Crippen molar-refractivity contribution >= 4 is 22.6 Å². The Morgan fingerprint density at radius 3 is 2.50 bits per heavy atom. The first kappa shape index (κ1) is 19.5. The molecule has 0 aliphatic heterocycles. The summed E-state index contributed by atoms with van der Waals surface area (Å²) in [4.78, 5) is 21.4. The number of aromatic nitrogens is 2. The molecule has 1 heterocycles. The van der Waals surface area contributed by atoms with Gasteiger partial charge in [-0.05, 0) is 67.9 Å². The van der Waals surface area contributed by atoms with Gasteiger partial charge in [0.25, 0.3) is 5.91 Å². The maximum Gasteiger partial charge on any atom is 0.265 e. The maximum absolute atomic E-state index is 13.6. The largest absolute Gasteiger partial charge is 0.481 e. The minimum atomic E-state index is -0.749. The molecule has 6 heteroatoms. The van der Waals surface area contributed by atoms with Crippen molar-refractivity contribution in [2.24, 2.45) is 0 Å². The number of para-hydroxylation sites is 2. The van der Waals surface area contributed by atoms with Crippen LogP contribution in [0.25, 0.3) is 22.3 Å². The molecule has 0 saturated heterocycles. The molecule has 1 amide bonds. The standard InChI is InChI=1S/C24H20FN3O2/c1-15-7-10-18(13-20(15)25)27-24(29)16(2)30-19-11-8-17(9-12-19)23-14-26-21-5-3-4-6-22(21)28-23/h3-14,16H,1-2H3,(H,27,29)/t16-/m1/s1. The third kappa shape index (κ3) is 4.27. The van der Waals surface area contributed by atoms with Gasteiger partial charge in [0, 0.05) is 11.3 Å². The van der Waals surface area contributed by atoms with E-state index in [0.717, 1.165) is 22.3 Å². The van der Waals surface area contributed by atoms with Gasteiger partial charge >= 0.3 is 0 Å². The van der Waals surface area contributed by atoms with Gasteiger partial charge < -0.3 is 10.1 Å². The van der Waals surface area contributed by atoms with Crippen molar-refractivity contribution in [3.05, 3.63) is 84.3 Å². The van der Waals surface area contributed by atoms with Crippen molar-refractivity contribution in [1.82, 2.24) is 9.97 Å². The Morgan fingerprint density at radius 2 is 1.77 bits per heavy atom. The molecule has 0 radical (unpaired) electrons. The van der Waals surface area contributed by atoms with Crippen molar-refractivity contribution in [2.75, 3.05) is 5.32 Å². The van der Waals surface area contributed by atoms with Gasteiger partial charge in [0.2, 0.25) is 0 Å². The summed E-state index contributed by atoms with van der Waals surface area (Å²) in [5.74, 6) is -0.179. The van der Waals surface area contributed by atoms with Crippen LogP contribution in [-0.4, -0.2) is 22.0 Å². The van der Waals surface area contributed by atoms with E-state index in [2.05, 4.69) is 15.3 Å². The van der Waals surface area contributed by atoms with Gasteiger partial charge in [-0.25, -0.2) is 9.37 Å². The van der Waals surface area contributed by atoms with Crippen molar-refractivity contribution in [3.8, 4) is 17.0 Å². The number of ether oxygens (including phenoxy) is 1. The van der Waals surface area contributed by atoms with Crippen LogP contribution in [0.2, 0.25) is 0 Å². The molecule has 0 aliphatic carbocycles. The Kier molecular flexibility index (Phi) is 5.39. The highest BCUT2D eigenvalue weighted by molar-refractivity contribution is 5.94. The number of amides is 1. The van der Waals surface area contributed by atoms with Crippen LogP contribution in [0.4, 0.5) is 10.1 Å². The fourth-order valence-corrected chi connectivity index (χ4v) is 2.97. The Morgan fingerprint density at radius 1 is 1.03 bits per heavy atom. The summed E-state index contributed by atoms with van der Waals surface area (Å²) in [6.07, 6.45) is 0.982. The highest BCUT2D eigenvalue weighted by Gasteiger charge is 2.15.